The van der Waals surface area contributed by atoms with Gasteiger partial charge < -0.3 is 15.2 Å². The van der Waals surface area contributed by atoms with Crippen molar-refractivity contribution in [1.29, 1.82) is 0 Å². The molecule has 0 fully saturated rings. The van der Waals surface area contributed by atoms with Gasteiger partial charge in [0.25, 0.3) is 10.1 Å². The highest BCUT2D eigenvalue weighted by Crippen LogP contribution is 2.23. The first-order valence-corrected chi connectivity index (χ1v) is 14.4. The maximum absolute atomic E-state index is 12.9. The van der Waals surface area contributed by atoms with Gasteiger partial charge in [-0.25, -0.2) is 14.5 Å². The molecule has 0 radical (unpaired) electrons. The summed E-state index contributed by atoms with van der Waals surface area (Å²) in [7, 11) is -3.87. The van der Waals surface area contributed by atoms with Crippen molar-refractivity contribution in [3.05, 3.63) is 63.6 Å². The zero-order chi connectivity index (χ0) is 29.6. The third-order valence-electron chi connectivity index (χ3n) is 4.87. The SMILES string of the molecule is Cc1ccc(S(=O)(=O)OCCc2ccc(CN(C(=O)OC(C)(C)C)C(N)=NC(=O)OC(C)(C)C)c(Br)c2)cc1. The Kier molecular flexibility index (Phi) is 10.7. The number of halogens is 1. The quantitative estimate of drug-likeness (QED) is 0.235. The predicted octanol–water partition coefficient (Wildman–Crippen LogP) is 5.69. The fourth-order valence-electron chi connectivity index (χ4n) is 3.08. The molecule has 214 valence electrons. The van der Waals surface area contributed by atoms with Gasteiger partial charge in [-0.2, -0.15) is 8.42 Å². The molecule has 0 aromatic heterocycles. The third kappa shape index (κ3) is 11.0. The lowest BCUT2D eigenvalue weighted by Crippen LogP contribution is -2.45. The molecule has 0 saturated carbocycles. The number of rotatable bonds is 7. The first kappa shape index (κ1) is 32.3. The number of hydrogen-bond donors (Lipinski definition) is 1. The maximum atomic E-state index is 12.9. The van der Waals surface area contributed by atoms with Crippen LogP contribution in [-0.2, 0) is 36.7 Å². The number of nitrogens with zero attached hydrogens (tertiary/aromatic N) is 2. The van der Waals surface area contributed by atoms with E-state index in [0.717, 1.165) is 16.0 Å². The zero-order valence-electron chi connectivity index (χ0n) is 23.3. The minimum Gasteiger partial charge on any atom is -0.443 e. The first-order valence-electron chi connectivity index (χ1n) is 12.2. The van der Waals surface area contributed by atoms with Crippen LogP contribution in [0.5, 0.6) is 0 Å². The van der Waals surface area contributed by atoms with Gasteiger partial charge in [-0.05, 0) is 84.2 Å². The van der Waals surface area contributed by atoms with Crippen LogP contribution in [-0.4, -0.2) is 49.3 Å². The van der Waals surface area contributed by atoms with E-state index in [1.54, 1.807) is 71.9 Å². The molecule has 0 saturated heterocycles. The molecule has 10 nitrogen and oxygen atoms in total. The van der Waals surface area contributed by atoms with Crippen molar-refractivity contribution >= 4 is 44.2 Å². The Labute approximate surface area is 238 Å². The number of benzene rings is 2. The lowest BCUT2D eigenvalue weighted by Gasteiger charge is -2.27. The Morgan fingerprint density at radius 1 is 0.974 bits per heavy atom. The van der Waals surface area contributed by atoms with Crippen LogP contribution < -0.4 is 5.73 Å². The van der Waals surface area contributed by atoms with Gasteiger partial charge in [-0.15, -0.1) is 4.99 Å². The lowest BCUT2D eigenvalue weighted by atomic mass is 10.1. The molecule has 2 N–H and O–H groups in total. The van der Waals surface area contributed by atoms with E-state index in [1.165, 1.54) is 12.1 Å². The summed E-state index contributed by atoms with van der Waals surface area (Å²) in [5.74, 6) is -0.385. The fourth-order valence-corrected chi connectivity index (χ4v) is 4.54. The summed E-state index contributed by atoms with van der Waals surface area (Å²) in [5.41, 5.74) is 6.80. The van der Waals surface area contributed by atoms with Gasteiger partial charge in [0, 0.05) is 4.47 Å². The Hall–Kier alpha value is -2.96. The molecule has 0 unspecified atom stereocenters. The summed E-state index contributed by atoms with van der Waals surface area (Å²) >= 11 is 3.49. The van der Waals surface area contributed by atoms with Gasteiger partial charge in [0.15, 0.2) is 0 Å². The molecule has 0 aliphatic heterocycles. The van der Waals surface area contributed by atoms with E-state index < -0.39 is 33.5 Å². The van der Waals surface area contributed by atoms with Crippen LogP contribution in [0.1, 0.15) is 58.2 Å². The van der Waals surface area contributed by atoms with Gasteiger partial charge in [0.1, 0.15) is 11.2 Å². The van der Waals surface area contributed by atoms with E-state index >= 15 is 0 Å². The molecule has 0 heterocycles. The monoisotopic (exact) mass is 625 g/mol. The molecule has 39 heavy (non-hydrogen) atoms. The normalized spacial score (nSPS) is 12.7. The molecule has 0 bridgehead atoms. The van der Waals surface area contributed by atoms with E-state index in [9.17, 15) is 18.0 Å². The average molecular weight is 627 g/mol. The van der Waals surface area contributed by atoms with Gasteiger partial charge in [-0.3, -0.25) is 4.18 Å². The standard InChI is InChI=1S/C27H36BrN3O7S/c1-18-8-12-21(13-9-18)39(34,35)36-15-14-19-10-11-20(22(28)16-19)17-31(25(33)38-27(5,6)7)23(29)30-24(32)37-26(2,3)4/h8-13,16H,14-15,17H2,1-7H3,(H2,29,30,32). The molecular weight excluding hydrogens is 590 g/mol. The molecule has 2 amide bonds. The molecule has 12 heteroatoms. The van der Waals surface area contributed by atoms with Crippen LogP contribution in [0.3, 0.4) is 0 Å². The number of hydrogen-bond acceptors (Lipinski definition) is 7. The molecular formula is C27H36BrN3O7S. The predicted molar refractivity (Wildman–Crippen MR) is 152 cm³/mol. The number of carbonyl (C=O) groups is 2. The average Bonchev–Trinajstić information content (AvgIpc) is 2.76. The van der Waals surface area contributed by atoms with Crippen molar-refractivity contribution in [3.8, 4) is 0 Å². The van der Waals surface area contributed by atoms with Crippen LogP contribution in [0.25, 0.3) is 0 Å². The van der Waals surface area contributed by atoms with Crippen LogP contribution >= 0.6 is 15.9 Å². The largest absolute Gasteiger partial charge is 0.443 e. The van der Waals surface area contributed by atoms with Gasteiger partial charge >= 0.3 is 12.2 Å². The van der Waals surface area contributed by atoms with Crippen LogP contribution in [0, 0.1) is 6.92 Å². The molecule has 0 spiro atoms. The Morgan fingerprint density at radius 3 is 2.10 bits per heavy atom. The third-order valence-corrected chi connectivity index (χ3v) is 6.94. The molecule has 2 aromatic carbocycles. The topological polar surface area (TPSA) is 138 Å². The molecule has 2 aromatic rings. The number of nitrogens with two attached hydrogens (primary N) is 1. The van der Waals surface area contributed by atoms with Crippen molar-refractivity contribution in [2.24, 2.45) is 10.7 Å². The molecule has 2 rings (SSSR count). The number of ether oxygens (including phenoxy) is 2. The summed E-state index contributed by atoms with van der Waals surface area (Å²) in [6, 6.07) is 11.7. The van der Waals surface area contributed by atoms with Crippen molar-refractivity contribution in [2.75, 3.05) is 6.61 Å². The number of carbonyl (C=O) groups excluding carboxylic acids is 2. The van der Waals surface area contributed by atoms with E-state index in [0.29, 0.717) is 16.5 Å². The van der Waals surface area contributed by atoms with E-state index in [2.05, 4.69) is 20.9 Å². The van der Waals surface area contributed by atoms with Gasteiger partial charge in [0.2, 0.25) is 5.96 Å². The van der Waals surface area contributed by atoms with Crippen LogP contribution in [0.4, 0.5) is 9.59 Å². The summed E-state index contributed by atoms with van der Waals surface area (Å²) in [4.78, 5) is 30.0. The smallest absolute Gasteiger partial charge is 0.437 e. The Balaban J connectivity index is 2.17. The van der Waals surface area contributed by atoms with Crippen molar-refractivity contribution in [3.63, 3.8) is 0 Å². The highest BCUT2D eigenvalue weighted by atomic mass is 79.9. The van der Waals surface area contributed by atoms with Gasteiger partial charge in [0.05, 0.1) is 18.0 Å². The second kappa shape index (κ2) is 12.9. The number of amides is 2. The summed E-state index contributed by atoms with van der Waals surface area (Å²) < 4.78 is 41.3. The number of aliphatic imine (C=N–C) groups is 1. The van der Waals surface area contributed by atoms with Crippen molar-refractivity contribution in [2.45, 2.75) is 77.5 Å². The minimum atomic E-state index is -3.87. The summed E-state index contributed by atoms with van der Waals surface area (Å²) in [6.07, 6.45) is -1.41. The minimum absolute atomic E-state index is 0.0540. The molecule has 0 atom stereocenters. The molecule has 0 aliphatic carbocycles. The Morgan fingerprint density at radius 2 is 1.56 bits per heavy atom. The lowest BCUT2D eigenvalue weighted by molar-refractivity contribution is 0.0355. The second-order valence-electron chi connectivity index (χ2n) is 10.8. The summed E-state index contributed by atoms with van der Waals surface area (Å²) in [6.45, 7) is 11.9. The van der Waals surface area contributed by atoms with Crippen LogP contribution in [0.2, 0.25) is 0 Å². The van der Waals surface area contributed by atoms with E-state index in [1.807, 2.05) is 6.92 Å². The highest BCUT2D eigenvalue weighted by molar-refractivity contribution is 9.10. The van der Waals surface area contributed by atoms with Crippen molar-refractivity contribution < 1.29 is 31.7 Å². The fraction of sp³-hybridized carbons (Fsp3) is 0.444. The van der Waals surface area contributed by atoms with Crippen molar-refractivity contribution in [1.82, 2.24) is 4.90 Å². The maximum Gasteiger partial charge on any atom is 0.437 e. The van der Waals surface area contributed by atoms with E-state index in [4.69, 9.17) is 19.4 Å². The van der Waals surface area contributed by atoms with E-state index in [-0.39, 0.29) is 24.0 Å². The highest BCUT2D eigenvalue weighted by Gasteiger charge is 2.27. The summed E-state index contributed by atoms with van der Waals surface area (Å²) in [5, 5.41) is 0. The Bertz CT molecular complexity index is 1310. The second-order valence-corrected chi connectivity index (χ2v) is 13.3. The molecule has 0 aliphatic rings. The zero-order valence-corrected chi connectivity index (χ0v) is 25.7. The number of aryl methyl sites for hydroxylation is 1. The number of guanidine groups is 1. The van der Waals surface area contributed by atoms with Crippen LogP contribution in [0.15, 0.2) is 56.8 Å². The van der Waals surface area contributed by atoms with Gasteiger partial charge in [-0.1, -0.05) is 45.8 Å². The first-order chi connectivity index (χ1) is 17.9.